The summed E-state index contributed by atoms with van der Waals surface area (Å²) < 4.78 is 5.22. The van der Waals surface area contributed by atoms with E-state index in [-0.39, 0.29) is 0 Å². The van der Waals surface area contributed by atoms with Gasteiger partial charge in [-0.25, -0.2) is 0 Å². The maximum Gasteiger partial charge on any atom is 0.226 e. The largest absolute Gasteiger partial charge is 0.339 e. The average molecular weight is 225 g/mol. The minimum atomic E-state index is 0.318. The molecular formula is C12H23N3O. The second kappa shape index (κ2) is 5.99. The second-order valence-electron chi connectivity index (χ2n) is 5.14. The zero-order valence-corrected chi connectivity index (χ0v) is 10.7. The number of rotatable bonds is 6. The third-order valence-corrected chi connectivity index (χ3v) is 2.60. The molecule has 1 unspecified atom stereocenters. The highest BCUT2D eigenvalue weighted by molar-refractivity contribution is 4.92. The van der Waals surface area contributed by atoms with E-state index in [9.17, 15) is 0 Å². The summed E-state index contributed by atoms with van der Waals surface area (Å²) in [6.07, 6.45) is 1.91. The van der Waals surface area contributed by atoms with Gasteiger partial charge in [0, 0.05) is 12.3 Å². The predicted molar refractivity (Wildman–Crippen MR) is 64.1 cm³/mol. The first kappa shape index (κ1) is 13.2. The number of nitrogens with two attached hydrogens (primary N) is 1. The van der Waals surface area contributed by atoms with E-state index in [1.807, 2.05) is 0 Å². The number of aromatic nitrogens is 2. The third-order valence-electron chi connectivity index (χ3n) is 2.60. The molecule has 0 saturated heterocycles. The van der Waals surface area contributed by atoms with Crippen molar-refractivity contribution in [2.75, 3.05) is 6.54 Å². The zero-order valence-electron chi connectivity index (χ0n) is 10.7. The summed E-state index contributed by atoms with van der Waals surface area (Å²) in [5.74, 6) is 2.93. The van der Waals surface area contributed by atoms with E-state index in [0.717, 1.165) is 24.6 Å². The van der Waals surface area contributed by atoms with Crippen molar-refractivity contribution in [3.63, 3.8) is 0 Å². The molecule has 0 bridgehead atoms. The lowest BCUT2D eigenvalue weighted by Crippen LogP contribution is -2.19. The Balaban J connectivity index is 2.56. The van der Waals surface area contributed by atoms with Crippen LogP contribution in [0.25, 0.3) is 0 Å². The van der Waals surface area contributed by atoms with Crippen LogP contribution in [0, 0.1) is 11.8 Å². The van der Waals surface area contributed by atoms with Crippen LogP contribution in [0.3, 0.4) is 0 Å². The van der Waals surface area contributed by atoms with Gasteiger partial charge < -0.3 is 10.3 Å². The van der Waals surface area contributed by atoms with E-state index in [4.69, 9.17) is 10.3 Å². The Labute approximate surface area is 97.6 Å². The average Bonchev–Trinajstić information content (AvgIpc) is 2.64. The van der Waals surface area contributed by atoms with Gasteiger partial charge in [-0.05, 0) is 24.8 Å². The van der Waals surface area contributed by atoms with Gasteiger partial charge in [0.1, 0.15) is 0 Å². The van der Waals surface area contributed by atoms with Crippen LogP contribution in [0.5, 0.6) is 0 Å². The van der Waals surface area contributed by atoms with Crippen LogP contribution in [0.15, 0.2) is 4.52 Å². The molecule has 2 N–H and O–H groups in total. The lowest BCUT2D eigenvalue weighted by Gasteiger charge is -2.14. The molecule has 1 heterocycles. The fraction of sp³-hybridized carbons (Fsp3) is 0.833. The van der Waals surface area contributed by atoms with E-state index >= 15 is 0 Å². The van der Waals surface area contributed by atoms with Gasteiger partial charge in [0.15, 0.2) is 5.82 Å². The van der Waals surface area contributed by atoms with E-state index in [0.29, 0.717) is 24.3 Å². The lowest BCUT2D eigenvalue weighted by molar-refractivity contribution is 0.329. The molecule has 16 heavy (non-hydrogen) atoms. The highest BCUT2D eigenvalue weighted by Crippen LogP contribution is 2.17. The first-order valence-corrected chi connectivity index (χ1v) is 6.05. The van der Waals surface area contributed by atoms with E-state index in [1.54, 1.807) is 0 Å². The molecule has 1 atom stereocenters. The van der Waals surface area contributed by atoms with Crippen molar-refractivity contribution < 1.29 is 4.52 Å². The zero-order chi connectivity index (χ0) is 12.1. The predicted octanol–water partition coefficient (Wildman–Crippen LogP) is 2.36. The molecule has 0 aliphatic carbocycles. The SMILES string of the molecule is CC(C)CC(CN)Cc1nc(C(C)C)no1. The summed E-state index contributed by atoms with van der Waals surface area (Å²) in [6, 6.07) is 0. The van der Waals surface area contributed by atoms with Crippen LogP contribution in [-0.4, -0.2) is 16.7 Å². The quantitative estimate of drug-likeness (QED) is 0.807. The van der Waals surface area contributed by atoms with Crippen molar-refractivity contribution in [3.05, 3.63) is 11.7 Å². The molecule has 0 fully saturated rings. The number of nitrogens with zero attached hydrogens (tertiary/aromatic N) is 2. The minimum absolute atomic E-state index is 0.318. The van der Waals surface area contributed by atoms with Crippen LogP contribution in [0.4, 0.5) is 0 Å². The summed E-state index contributed by atoms with van der Waals surface area (Å²) in [4.78, 5) is 4.37. The highest BCUT2D eigenvalue weighted by Gasteiger charge is 2.15. The van der Waals surface area contributed by atoms with E-state index < -0.39 is 0 Å². The molecule has 0 aliphatic rings. The van der Waals surface area contributed by atoms with Crippen molar-refractivity contribution in [2.45, 2.75) is 46.5 Å². The third kappa shape index (κ3) is 3.93. The first-order valence-electron chi connectivity index (χ1n) is 6.05. The maximum atomic E-state index is 5.75. The van der Waals surface area contributed by atoms with Crippen LogP contribution >= 0.6 is 0 Å². The molecule has 1 rings (SSSR count). The molecule has 4 nitrogen and oxygen atoms in total. The van der Waals surface area contributed by atoms with Gasteiger partial charge in [0.05, 0.1) is 0 Å². The first-order chi connectivity index (χ1) is 7.52. The lowest BCUT2D eigenvalue weighted by atomic mass is 9.94. The molecule has 0 aromatic carbocycles. The van der Waals surface area contributed by atoms with Crippen molar-refractivity contribution in [2.24, 2.45) is 17.6 Å². The van der Waals surface area contributed by atoms with Crippen LogP contribution in [0.1, 0.15) is 51.7 Å². The van der Waals surface area contributed by atoms with Crippen LogP contribution < -0.4 is 5.73 Å². The Morgan fingerprint density at radius 2 is 1.94 bits per heavy atom. The van der Waals surface area contributed by atoms with Crippen molar-refractivity contribution in [3.8, 4) is 0 Å². The molecule has 0 amide bonds. The Hall–Kier alpha value is -0.900. The molecular weight excluding hydrogens is 202 g/mol. The van der Waals surface area contributed by atoms with Gasteiger partial charge in [-0.3, -0.25) is 0 Å². The van der Waals surface area contributed by atoms with Crippen molar-refractivity contribution in [1.29, 1.82) is 0 Å². The van der Waals surface area contributed by atoms with Gasteiger partial charge in [0.2, 0.25) is 5.89 Å². The van der Waals surface area contributed by atoms with E-state index in [2.05, 4.69) is 37.8 Å². The standard InChI is InChI=1S/C12H23N3O/c1-8(2)5-10(7-13)6-11-14-12(9(3)4)15-16-11/h8-10H,5-7,13H2,1-4H3. The summed E-state index contributed by atoms with van der Waals surface area (Å²) in [5.41, 5.74) is 5.75. The minimum Gasteiger partial charge on any atom is -0.339 e. The summed E-state index contributed by atoms with van der Waals surface area (Å²) >= 11 is 0. The number of hydrogen-bond donors (Lipinski definition) is 1. The van der Waals surface area contributed by atoms with Gasteiger partial charge >= 0.3 is 0 Å². The Bertz CT molecular complexity index is 307. The van der Waals surface area contributed by atoms with Crippen molar-refractivity contribution >= 4 is 0 Å². The second-order valence-corrected chi connectivity index (χ2v) is 5.14. The Morgan fingerprint density at radius 1 is 1.25 bits per heavy atom. The molecule has 0 saturated carbocycles. The molecule has 0 radical (unpaired) electrons. The maximum absolute atomic E-state index is 5.75. The summed E-state index contributed by atoms with van der Waals surface area (Å²) in [6.45, 7) is 9.20. The smallest absolute Gasteiger partial charge is 0.226 e. The van der Waals surface area contributed by atoms with Gasteiger partial charge in [-0.1, -0.05) is 32.9 Å². The molecule has 1 aromatic heterocycles. The van der Waals surface area contributed by atoms with Gasteiger partial charge in [-0.2, -0.15) is 4.98 Å². The summed E-state index contributed by atoms with van der Waals surface area (Å²) in [7, 11) is 0. The van der Waals surface area contributed by atoms with Crippen LogP contribution in [0.2, 0.25) is 0 Å². The molecule has 0 aliphatic heterocycles. The fourth-order valence-electron chi connectivity index (χ4n) is 1.76. The Morgan fingerprint density at radius 3 is 2.38 bits per heavy atom. The monoisotopic (exact) mass is 225 g/mol. The molecule has 0 spiro atoms. The summed E-state index contributed by atoms with van der Waals surface area (Å²) in [5, 5.41) is 3.96. The molecule has 1 aromatic rings. The van der Waals surface area contributed by atoms with E-state index in [1.165, 1.54) is 0 Å². The highest BCUT2D eigenvalue weighted by atomic mass is 16.5. The fourth-order valence-corrected chi connectivity index (χ4v) is 1.76. The topological polar surface area (TPSA) is 64.9 Å². The van der Waals surface area contributed by atoms with Crippen LogP contribution in [-0.2, 0) is 6.42 Å². The van der Waals surface area contributed by atoms with Gasteiger partial charge in [0.25, 0.3) is 0 Å². The molecule has 4 heteroatoms. The van der Waals surface area contributed by atoms with Gasteiger partial charge in [-0.15, -0.1) is 0 Å². The molecule has 92 valence electrons. The normalized spacial score (nSPS) is 13.7. The Kier molecular flexibility index (Phi) is 4.93. The van der Waals surface area contributed by atoms with Crippen molar-refractivity contribution in [1.82, 2.24) is 10.1 Å². The number of hydrogen-bond acceptors (Lipinski definition) is 4.